The number of thiophene rings is 1. The van der Waals surface area contributed by atoms with E-state index < -0.39 is 0 Å². The third-order valence-electron chi connectivity index (χ3n) is 4.82. The number of oxazole rings is 1. The Kier molecular flexibility index (Phi) is 4.25. The predicted octanol–water partition coefficient (Wildman–Crippen LogP) is 5.36. The zero-order chi connectivity index (χ0) is 16.5. The van der Waals surface area contributed by atoms with E-state index in [0.29, 0.717) is 6.04 Å². The molecule has 1 aliphatic rings. The topological polar surface area (TPSA) is 29.3 Å². The maximum atomic E-state index is 5.77. The first-order valence-corrected chi connectivity index (χ1v) is 9.43. The Morgan fingerprint density at radius 1 is 1.29 bits per heavy atom. The Morgan fingerprint density at radius 2 is 2.21 bits per heavy atom. The van der Waals surface area contributed by atoms with Crippen molar-refractivity contribution in [2.24, 2.45) is 0 Å². The van der Waals surface area contributed by atoms with Crippen molar-refractivity contribution < 1.29 is 4.42 Å². The number of hydrogen-bond acceptors (Lipinski definition) is 4. The van der Waals surface area contributed by atoms with Gasteiger partial charge >= 0.3 is 0 Å². The van der Waals surface area contributed by atoms with E-state index in [-0.39, 0.29) is 0 Å². The van der Waals surface area contributed by atoms with Crippen LogP contribution in [0.25, 0.3) is 11.5 Å². The molecule has 0 aliphatic carbocycles. The maximum absolute atomic E-state index is 5.77. The smallest absolute Gasteiger partial charge is 0.226 e. The molecule has 4 heteroatoms. The van der Waals surface area contributed by atoms with Gasteiger partial charge in [-0.25, -0.2) is 4.98 Å². The summed E-state index contributed by atoms with van der Waals surface area (Å²) in [6.07, 6.45) is 4.30. The highest BCUT2D eigenvalue weighted by molar-refractivity contribution is 7.07. The molecule has 24 heavy (non-hydrogen) atoms. The van der Waals surface area contributed by atoms with Crippen LogP contribution in [-0.2, 0) is 6.54 Å². The summed E-state index contributed by atoms with van der Waals surface area (Å²) in [6.45, 7) is 6.20. The van der Waals surface area contributed by atoms with Crippen LogP contribution in [0.2, 0.25) is 0 Å². The van der Waals surface area contributed by atoms with Gasteiger partial charge in [0.05, 0.1) is 5.69 Å². The fourth-order valence-electron chi connectivity index (χ4n) is 3.62. The molecule has 1 atom stereocenters. The first-order chi connectivity index (χ1) is 11.7. The minimum Gasteiger partial charge on any atom is -0.444 e. The third-order valence-corrected chi connectivity index (χ3v) is 5.52. The van der Waals surface area contributed by atoms with Gasteiger partial charge in [-0.15, -0.1) is 0 Å². The molecule has 2 aromatic heterocycles. The van der Waals surface area contributed by atoms with Crippen LogP contribution < -0.4 is 0 Å². The molecule has 4 rings (SSSR count). The molecule has 0 saturated carbocycles. The van der Waals surface area contributed by atoms with Crippen molar-refractivity contribution in [3.63, 3.8) is 0 Å². The second-order valence-electron chi connectivity index (χ2n) is 6.65. The largest absolute Gasteiger partial charge is 0.444 e. The van der Waals surface area contributed by atoms with Crippen molar-refractivity contribution in [2.75, 3.05) is 6.54 Å². The Balaban J connectivity index is 1.53. The molecule has 0 amide bonds. The van der Waals surface area contributed by atoms with Gasteiger partial charge in [0, 0.05) is 18.2 Å². The lowest BCUT2D eigenvalue weighted by Gasteiger charge is -2.22. The normalized spacial score (nSPS) is 18.3. The van der Waals surface area contributed by atoms with Crippen LogP contribution in [-0.4, -0.2) is 16.4 Å². The highest BCUT2D eigenvalue weighted by atomic mass is 32.1. The monoisotopic (exact) mass is 338 g/mol. The van der Waals surface area contributed by atoms with Gasteiger partial charge in [-0.3, -0.25) is 4.90 Å². The van der Waals surface area contributed by atoms with Crippen LogP contribution in [0.5, 0.6) is 0 Å². The van der Waals surface area contributed by atoms with Crippen molar-refractivity contribution in [1.29, 1.82) is 0 Å². The van der Waals surface area contributed by atoms with Gasteiger partial charge in [-0.1, -0.05) is 17.7 Å². The molecule has 0 N–H and O–H groups in total. The molecule has 3 aromatic rings. The van der Waals surface area contributed by atoms with E-state index in [1.165, 1.54) is 29.5 Å². The number of benzene rings is 1. The molecule has 124 valence electrons. The summed E-state index contributed by atoms with van der Waals surface area (Å²) in [5.74, 6) is 0.730. The highest BCUT2D eigenvalue weighted by Crippen LogP contribution is 2.34. The minimum absolute atomic E-state index is 0.525. The average Bonchev–Trinajstić information content (AvgIpc) is 3.28. The lowest BCUT2D eigenvalue weighted by molar-refractivity contribution is 0.246. The molecule has 1 aromatic carbocycles. The summed E-state index contributed by atoms with van der Waals surface area (Å²) in [5, 5.41) is 4.44. The van der Waals surface area contributed by atoms with Crippen LogP contribution in [0.1, 0.15) is 41.3 Å². The van der Waals surface area contributed by atoms with Crippen LogP contribution in [0.4, 0.5) is 0 Å². The van der Waals surface area contributed by atoms with Crippen molar-refractivity contribution in [3.05, 3.63) is 63.7 Å². The Morgan fingerprint density at radius 3 is 3.00 bits per heavy atom. The summed E-state index contributed by atoms with van der Waals surface area (Å²) in [5.41, 5.74) is 6.02. The Bertz CT molecular complexity index is 822. The number of likely N-dealkylation sites (tertiary alicyclic amines) is 1. The van der Waals surface area contributed by atoms with Crippen molar-refractivity contribution in [3.8, 4) is 11.5 Å². The molecule has 0 radical (unpaired) electrons. The zero-order valence-electron chi connectivity index (χ0n) is 14.2. The zero-order valence-corrected chi connectivity index (χ0v) is 15.0. The fourth-order valence-corrected chi connectivity index (χ4v) is 4.33. The standard InChI is InChI=1S/C20H22N2OS/c1-14-5-6-18(15(2)10-14)20-21-17(12-23-20)11-22-8-3-4-19(22)16-7-9-24-13-16/h5-7,9-10,12-13,19H,3-4,8,11H2,1-2H3/t19-/m1/s1. The second kappa shape index (κ2) is 6.54. The molecular formula is C20H22N2OS. The summed E-state index contributed by atoms with van der Waals surface area (Å²) in [7, 11) is 0. The SMILES string of the molecule is Cc1ccc(-c2nc(CN3CCC[C@@H]3c3ccsc3)co2)c(C)c1. The van der Waals surface area contributed by atoms with Crippen LogP contribution in [0, 0.1) is 13.8 Å². The van der Waals surface area contributed by atoms with E-state index in [0.717, 1.165) is 30.2 Å². The molecule has 3 nitrogen and oxygen atoms in total. The van der Waals surface area contributed by atoms with E-state index in [1.807, 2.05) is 6.26 Å². The molecule has 3 heterocycles. The number of aryl methyl sites for hydroxylation is 2. The number of rotatable bonds is 4. The van der Waals surface area contributed by atoms with Crippen molar-refractivity contribution >= 4 is 11.3 Å². The van der Waals surface area contributed by atoms with Gasteiger partial charge < -0.3 is 4.42 Å². The van der Waals surface area contributed by atoms with Crippen LogP contribution >= 0.6 is 11.3 Å². The van der Waals surface area contributed by atoms with Gasteiger partial charge in [-0.2, -0.15) is 11.3 Å². The molecule has 0 bridgehead atoms. The Labute approximate surface area is 147 Å². The van der Waals surface area contributed by atoms with Crippen molar-refractivity contribution in [2.45, 2.75) is 39.3 Å². The minimum atomic E-state index is 0.525. The van der Waals surface area contributed by atoms with Crippen molar-refractivity contribution in [1.82, 2.24) is 9.88 Å². The van der Waals surface area contributed by atoms with Gasteiger partial charge in [0.15, 0.2) is 0 Å². The molecule has 1 fully saturated rings. The molecule has 0 unspecified atom stereocenters. The van der Waals surface area contributed by atoms with Gasteiger partial charge in [0.25, 0.3) is 0 Å². The van der Waals surface area contributed by atoms with Gasteiger partial charge in [0.2, 0.25) is 5.89 Å². The summed E-state index contributed by atoms with van der Waals surface area (Å²) in [6, 6.07) is 9.16. The fraction of sp³-hybridized carbons (Fsp3) is 0.350. The molecule has 0 spiro atoms. The van der Waals surface area contributed by atoms with E-state index in [1.54, 1.807) is 11.3 Å². The second-order valence-corrected chi connectivity index (χ2v) is 7.43. The van der Waals surface area contributed by atoms with Crippen LogP contribution in [0.15, 0.2) is 45.7 Å². The molecule has 1 saturated heterocycles. The highest BCUT2D eigenvalue weighted by Gasteiger charge is 2.27. The Hall–Kier alpha value is -1.91. The number of aromatic nitrogens is 1. The van der Waals surface area contributed by atoms with Crippen LogP contribution in [0.3, 0.4) is 0 Å². The summed E-state index contributed by atoms with van der Waals surface area (Å²) >= 11 is 1.78. The average molecular weight is 338 g/mol. The van der Waals surface area contributed by atoms with Gasteiger partial charge in [0.1, 0.15) is 6.26 Å². The van der Waals surface area contributed by atoms with E-state index >= 15 is 0 Å². The molecular weight excluding hydrogens is 316 g/mol. The lowest BCUT2D eigenvalue weighted by Crippen LogP contribution is -2.22. The lowest BCUT2D eigenvalue weighted by atomic mass is 10.1. The maximum Gasteiger partial charge on any atom is 0.226 e. The van der Waals surface area contributed by atoms with E-state index in [4.69, 9.17) is 9.40 Å². The molecule has 1 aliphatic heterocycles. The quantitative estimate of drug-likeness (QED) is 0.641. The first-order valence-electron chi connectivity index (χ1n) is 8.49. The predicted molar refractivity (Wildman–Crippen MR) is 98.1 cm³/mol. The number of hydrogen-bond donors (Lipinski definition) is 0. The van der Waals surface area contributed by atoms with E-state index in [9.17, 15) is 0 Å². The number of nitrogens with zero attached hydrogens (tertiary/aromatic N) is 2. The van der Waals surface area contributed by atoms with Gasteiger partial charge in [-0.05, 0) is 67.3 Å². The van der Waals surface area contributed by atoms with E-state index in [2.05, 4.69) is 53.8 Å². The summed E-state index contributed by atoms with van der Waals surface area (Å²) in [4.78, 5) is 7.26. The summed E-state index contributed by atoms with van der Waals surface area (Å²) < 4.78 is 5.77. The first kappa shape index (κ1) is 15.6. The third kappa shape index (κ3) is 3.04.